The molecule has 10 nitrogen and oxygen atoms in total. The van der Waals surface area contributed by atoms with Gasteiger partial charge in [-0.3, -0.25) is 14.9 Å². The van der Waals surface area contributed by atoms with Crippen LogP contribution >= 0.6 is 0 Å². The van der Waals surface area contributed by atoms with E-state index in [2.05, 4.69) is 15.4 Å². The molecule has 0 unspecified atom stereocenters. The van der Waals surface area contributed by atoms with Gasteiger partial charge in [-0.25, -0.2) is 14.2 Å². The van der Waals surface area contributed by atoms with Gasteiger partial charge >= 0.3 is 5.69 Å². The predicted octanol–water partition coefficient (Wildman–Crippen LogP) is 4.71. The number of carbonyl (C=O) groups is 1. The second-order valence-electron chi connectivity index (χ2n) is 8.82. The van der Waals surface area contributed by atoms with E-state index in [1.165, 1.54) is 28.7 Å². The fourth-order valence-electron chi connectivity index (χ4n) is 4.60. The standard InChI is InChI=1S/C29H20N6O4/c36-28(25(19-9-3-1-4-10-19)20-11-5-2-6-12-20)31-26-27-32-34(21-15-17-22(18-16-21)35(38)39)29(37)33(27)24-14-8-7-13-23(24)30-26/h1-18,25H,(H,30,31,36). The Balaban J connectivity index is 1.50. The third kappa shape index (κ3) is 4.29. The molecule has 0 saturated carbocycles. The van der Waals surface area contributed by atoms with Crippen molar-refractivity contribution in [3.63, 3.8) is 0 Å². The highest BCUT2D eigenvalue weighted by Crippen LogP contribution is 2.28. The molecule has 2 heterocycles. The Morgan fingerprint density at radius 1 is 0.821 bits per heavy atom. The van der Waals surface area contributed by atoms with Crippen LogP contribution in [0.5, 0.6) is 0 Å². The number of fused-ring (bicyclic) bond motifs is 3. The van der Waals surface area contributed by atoms with Gasteiger partial charge in [0.05, 0.1) is 27.6 Å². The smallest absolute Gasteiger partial charge is 0.307 e. The van der Waals surface area contributed by atoms with Crippen molar-refractivity contribution in [2.24, 2.45) is 0 Å². The summed E-state index contributed by atoms with van der Waals surface area (Å²) in [6.45, 7) is 0. The van der Waals surface area contributed by atoms with Crippen LogP contribution in [0.1, 0.15) is 17.0 Å². The minimum absolute atomic E-state index is 0.108. The van der Waals surface area contributed by atoms with E-state index in [0.29, 0.717) is 16.7 Å². The van der Waals surface area contributed by atoms with Crippen molar-refractivity contribution in [3.8, 4) is 5.69 Å². The van der Waals surface area contributed by atoms with E-state index < -0.39 is 16.5 Å². The number of carbonyl (C=O) groups excluding carboxylic acids is 1. The number of benzene rings is 4. The molecule has 6 rings (SSSR count). The molecule has 4 aromatic carbocycles. The van der Waals surface area contributed by atoms with Gasteiger partial charge in [0.15, 0.2) is 5.82 Å². The highest BCUT2D eigenvalue weighted by Gasteiger charge is 2.25. The summed E-state index contributed by atoms with van der Waals surface area (Å²) in [5, 5.41) is 18.5. The molecule has 0 bridgehead atoms. The van der Waals surface area contributed by atoms with E-state index in [-0.39, 0.29) is 23.1 Å². The van der Waals surface area contributed by atoms with Gasteiger partial charge in [0.2, 0.25) is 11.6 Å². The number of aromatic nitrogens is 4. The molecule has 0 saturated heterocycles. The van der Waals surface area contributed by atoms with Crippen LogP contribution in [0.15, 0.2) is 114 Å². The van der Waals surface area contributed by atoms with Crippen molar-refractivity contribution in [2.45, 2.75) is 5.92 Å². The van der Waals surface area contributed by atoms with Gasteiger partial charge in [-0.1, -0.05) is 72.8 Å². The number of hydrogen-bond donors (Lipinski definition) is 1. The number of rotatable bonds is 6. The summed E-state index contributed by atoms with van der Waals surface area (Å²) in [5.41, 5.74) is 2.46. The molecular formula is C29H20N6O4. The number of nitrogens with one attached hydrogen (secondary N) is 1. The first-order valence-corrected chi connectivity index (χ1v) is 12.1. The largest absolute Gasteiger partial charge is 0.355 e. The summed E-state index contributed by atoms with van der Waals surface area (Å²) < 4.78 is 2.51. The number of nitrogens with zero attached hydrogens (tertiary/aromatic N) is 5. The molecule has 39 heavy (non-hydrogen) atoms. The highest BCUT2D eigenvalue weighted by atomic mass is 16.6. The molecule has 190 valence electrons. The highest BCUT2D eigenvalue weighted by molar-refractivity contribution is 6.00. The lowest BCUT2D eigenvalue weighted by Gasteiger charge is -2.18. The summed E-state index contributed by atoms with van der Waals surface area (Å²) in [6.07, 6.45) is 0. The number of non-ortho nitro benzene ring substituents is 1. The maximum atomic E-state index is 13.8. The second kappa shape index (κ2) is 9.67. The Morgan fingerprint density at radius 2 is 1.41 bits per heavy atom. The average Bonchev–Trinajstić information content (AvgIpc) is 3.32. The number of amides is 1. The van der Waals surface area contributed by atoms with Crippen LogP contribution in [-0.2, 0) is 4.79 Å². The quantitative estimate of drug-likeness (QED) is 0.252. The number of para-hydroxylation sites is 2. The van der Waals surface area contributed by atoms with E-state index >= 15 is 0 Å². The monoisotopic (exact) mass is 516 g/mol. The van der Waals surface area contributed by atoms with Gasteiger partial charge in [-0.2, -0.15) is 4.68 Å². The first-order chi connectivity index (χ1) is 19.0. The molecule has 0 aliphatic heterocycles. The van der Waals surface area contributed by atoms with Crippen LogP contribution in [0.3, 0.4) is 0 Å². The molecule has 0 spiro atoms. The molecule has 0 aliphatic rings. The van der Waals surface area contributed by atoms with Crippen LogP contribution in [-0.4, -0.2) is 30.0 Å². The van der Waals surface area contributed by atoms with Crippen LogP contribution in [0, 0.1) is 10.1 Å². The SMILES string of the molecule is O=C(Nc1nc2ccccc2n2c(=O)n(-c3ccc([N+](=O)[O-])cc3)nc12)C(c1ccccc1)c1ccccc1. The lowest BCUT2D eigenvalue weighted by atomic mass is 9.90. The first-order valence-electron chi connectivity index (χ1n) is 12.1. The predicted molar refractivity (Wildman–Crippen MR) is 146 cm³/mol. The van der Waals surface area contributed by atoms with Gasteiger partial charge in [0, 0.05) is 12.1 Å². The van der Waals surface area contributed by atoms with Gasteiger partial charge in [-0.05, 0) is 35.4 Å². The van der Waals surface area contributed by atoms with Crippen LogP contribution in [0.4, 0.5) is 11.5 Å². The molecule has 0 fully saturated rings. The summed E-state index contributed by atoms with van der Waals surface area (Å²) in [4.78, 5) is 42.6. The molecule has 0 atom stereocenters. The third-order valence-corrected chi connectivity index (χ3v) is 6.42. The fourth-order valence-corrected chi connectivity index (χ4v) is 4.60. The minimum Gasteiger partial charge on any atom is -0.307 e. The van der Waals surface area contributed by atoms with Crippen molar-refractivity contribution in [1.82, 2.24) is 19.2 Å². The van der Waals surface area contributed by atoms with E-state index in [1.54, 1.807) is 24.3 Å². The molecule has 10 heteroatoms. The molecular weight excluding hydrogens is 496 g/mol. The normalized spacial score (nSPS) is 11.2. The average molecular weight is 517 g/mol. The van der Waals surface area contributed by atoms with Crippen molar-refractivity contribution < 1.29 is 9.72 Å². The van der Waals surface area contributed by atoms with Gasteiger partial charge < -0.3 is 5.32 Å². The molecule has 6 aromatic rings. The second-order valence-corrected chi connectivity index (χ2v) is 8.82. The zero-order chi connectivity index (χ0) is 26.9. The topological polar surface area (TPSA) is 124 Å². The minimum atomic E-state index is -0.635. The van der Waals surface area contributed by atoms with Crippen LogP contribution in [0.25, 0.3) is 22.4 Å². The Labute approximate surface area is 220 Å². The van der Waals surface area contributed by atoms with Crippen LogP contribution < -0.4 is 11.0 Å². The Morgan fingerprint density at radius 3 is 2.03 bits per heavy atom. The first kappa shape index (κ1) is 23.7. The molecule has 1 N–H and O–H groups in total. The maximum absolute atomic E-state index is 13.8. The molecule has 0 aliphatic carbocycles. The third-order valence-electron chi connectivity index (χ3n) is 6.42. The van der Waals surface area contributed by atoms with E-state index in [0.717, 1.165) is 15.8 Å². The summed E-state index contributed by atoms with van der Waals surface area (Å²) >= 11 is 0. The summed E-state index contributed by atoms with van der Waals surface area (Å²) in [7, 11) is 0. The number of nitro benzene ring substituents is 1. The Hall–Kier alpha value is -5.64. The summed E-state index contributed by atoms with van der Waals surface area (Å²) in [5.74, 6) is -0.855. The lowest BCUT2D eigenvalue weighted by molar-refractivity contribution is -0.384. The fraction of sp³-hybridized carbons (Fsp3) is 0.0345. The summed E-state index contributed by atoms with van der Waals surface area (Å²) in [6, 6.07) is 31.3. The van der Waals surface area contributed by atoms with Crippen molar-refractivity contribution in [3.05, 3.63) is 141 Å². The Bertz CT molecular complexity index is 1860. The Kier molecular flexibility index (Phi) is 5.89. The van der Waals surface area contributed by atoms with E-state index in [4.69, 9.17) is 0 Å². The number of nitro groups is 1. The van der Waals surface area contributed by atoms with Crippen LogP contribution in [0.2, 0.25) is 0 Å². The van der Waals surface area contributed by atoms with Gasteiger partial charge in [0.25, 0.3) is 5.69 Å². The number of hydrogen-bond acceptors (Lipinski definition) is 6. The van der Waals surface area contributed by atoms with Crippen molar-refractivity contribution in [1.29, 1.82) is 0 Å². The van der Waals surface area contributed by atoms with E-state index in [1.807, 2.05) is 60.7 Å². The molecule has 1 amide bonds. The molecule has 2 aromatic heterocycles. The van der Waals surface area contributed by atoms with Crippen molar-refractivity contribution in [2.75, 3.05) is 5.32 Å². The zero-order valence-corrected chi connectivity index (χ0v) is 20.3. The van der Waals surface area contributed by atoms with Gasteiger partial charge in [0.1, 0.15) is 0 Å². The van der Waals surface area contributed by atoms with Crippen molar-refractivity contribution >= 4 is 34.1 Å². The maximum Gasteiger partial charge on any atom is 0.355 e. The zero-order valence-electron chi connectivity index (χ0n) is 20.3. The van der Waals surface area contributed by atoms with E-state index in [9.17, 15) is 19.7 Å². The number of anilines is 1. The molecule has 0 radical (unpaired) electrons. The lowest BCUT2D eigenvalue weighted by Crippen LogP contribution is -2.24. The van der Waals surface area contributed by atoms with Gasteiger partial charge in [-0.15, -0.1) is 5.10 Å².